The van der Waals surface area contributed by atoms with E-state index >= 15 is 0 Å². The summed E-state index contributed by atoms with van der Waals surface area (Å²) in [4.78, 5) is 16.4. The lowest BCUT2D eigenvalue weighted by molar-refractivity contribution is 0.354. The molecule has 0 spiro atoms. The van der Waals surface area contributed by atoms with Crippen LogP contribution in [0.4, 0.5) is 5.95 Å². The van der Waals surface area contributed by atoms with Gasteiger partial charge in [-0.05, 0) is 49.2 Å². The molecule has 0 aliphatic heterocycles. The van der Waals surface area contributed by atoms with Gasteiger partial charge in [0.1, 0.15) is 11.6 Å². The molecule has 0 fully saturated rings. The number of hydrogen-bond acceptors (Lipinski definition) is 13. The van der Waals surface area contributed by atoms with Crippen molar-refractivity contribution in [3.63, 3.8) is 0 Å². The molecule has 0 atom stereocenters. The maximum atomic E-state index is 12.7. The molecule has 0 saturated heterocycles. The van der Waals surface area contributed by atoms with E-state index < -0.39 is 18.9 Å². The summed E-state index contributed by atoms with van der Waals surface area (Å²) in [5, 5.41) is 0. The van der Waals surface area contributed by atoms with Crippen molar-refractivity contribution in [2.45, 2.75) is 29.4 Å². The highest BCUT2D eigenvalue weighted by Crippen LogP contribution is 2.31. The van der Waals surface area contributed by atoms with E-state index in [4.69, 9.17) is 35.4 Å². The molecule has 6 rings (SSSR count). The molecule has 0 aliphatic rings. The van der Waals surface area contributed by atoms with Crippen LogP contribution in [0.15, 0.2) is 120 Å². The largest absolute Gasteiger partial charge is 0.493 e. The number of aryl methyl sites for hydroxylation is 2. The lowest BCUT2D eigenvalue weighted by Gasteiger charge is -2.10. The average Bonchev–Trinajstić information content (AvgIpc) is 3.18. The zero-order chi connectivity index (χ0) is 40.2. The third-order valence-corrected chi connectivity index (χ3v) is 10.8. The third kappa shape index (κ3) is 11.9. The number of nitrogen functional groups attached to an aromatic ring is 1. The van der Waals surface area contributed by atoms with Crippen LogP contribution in [0.25, 0.3) is 22.3 Å². The Bertz CT molecular complexity index is 2360. The van der Waals surface area contributed by atoms with Crippen LogP contribution in [0.3, 0.4) is 0 Å². The monoisotopic (exact) mass is 805 g/mol. The number of rotatable bonds is 10. The van der Waals surface area contributed by atoms with Gasteiger partial charge in [-0.3, -0.25) is 0 Å². The van der Waals surface area contributed by atoms with Crippen molar-refractivity contribution >= 4 is 35.5 Å². The van der Waals surface area contributed by atoms with Crippen LogP contribution < -0.4 is 24.7 Å². The Morgan fingerprint density at radius 1 is 0.527 bits per heavy atom. The Balaban J connectivity index is 0.000000202. The third-order valence-electron chi connectivity index (χ3n) is 7.82. The minimum absolute atomic E-state index is 0.0168. The molecule has 0 bridgehead atoms. The number of anilines is 1. The van der Waals surface area contributed by atoms with Crippen LogP contribution >= 0.6 is 10.7 Å². The molecule has 2 heterocycles. The van der Waals surface area contributed by atoms with Crippen LogP contribution in [-0.4, -0.2) is 65.2 Å². The summed E-state index contributed by atoms with van der Waals surface area (Å²) >= 11 is 0. The minimum atomic E-state index is -3.72. The predicted molar refractivity (Wildman–Crippen MR) is 212 cm³/mol. The normalized spacial score (nSPS) is 10.9. The highest BCUT2D eigenvalue weighted by Gasteiger charge is 2.20. The highest BCUT2D eigenvalue weighted by atomic mass is 35.7. The summed E-state index contributed by atoms with van der Waals surface area (Å²) in [6.07, 6.45) is 6.73. The molecule has 288 valence electrons. The van der Waals surface area contributed by atoms with Crippen LogP contribution in [-0.2, 0) is 24.6 Å². The molecule has 0 radical (unpaired) electrons. The summed E-state index contributed by atoms with van der Waals surface area (Å²) < 4.78 is 67.5. The number of hydrogen-bond donors (Lipinski definition) is 1. The first kappa shape index (κ1) is 42.0. The van der Waals surface area contributed by atoms with Crippen molar-refractivity contribution in [3.8, 4) is 45.3 Å². The number of ether oxygens (including phenoxy) is 4. The highest BCUT2D eigenvalue weighted by molar-refractivity contribution is 8.13. The van der Waals surface area contributed by atoms with Gasteiger partial charge in [0, 0.05) is 58.7 Å². The van der Waals surface area contributed by atoms with Gasteiger partial charge in [0.15, 0.2) is 32.8 Å². The van der Waals surface area contributed by atoms with Crippen molar-refractivity contribution in [2.75, 3.05) is 34.2 Å². The van der Waals surface area contributed by atoms with E-state index in [1.54, 1.807) is 30.9 Å². The van der Waals surface area contributed by atoms with Crippen molar-refractivity contribution in [1.82, 2.24) is 19.9 Å². The second-order valence-corrected chi connectivity index (χ2v) is 16.2. The molecule has 55 heavy (non-hydrogen) atoms. The number of aromatic nitrogens is 4. The van der Waals surface area contributed by atoms with Crippen molar-refractivity contribution in [3.05, 3.63) is 127 Å². The molecule has 2 N–H and O–H groups in total. The van der Waals surface area contributed by atoms with Gasteiger partial charge in [0.2, 0.25) is 5.95 Å². The Morgan fingerprint density at radius 2 is 0.909 bits per heavy atom. The van der Waals surface area contributed by atoms with Gasteiger partial charge in [0.25, 0.3) is 9.05 Å². The second-order valence-electron chi connectivity index (χ2n) is 11.7. The van der Waals surface area contributed by atoms with Gasteiger partial charge in [-0.15, -0.1) is 0 Å². The Hall–Kier alpha value is -5.77. The predicted octanol–water partition coefficient (Wildman–Crippen LogP) is 7.11. The molecule has 0 saturated carbocycles. The quantitative estimate of drug-likeness (QED) is 0.138. The first-order chi connectivity index (χ1) is 26.2. The molecule has 0 unspecified atom stereocenters. The van der Waals surface area contributed by atoms with Crippen molar-refractivity contribution < 1.29 is 35.8 Å². The lowest BCUT2D eigenvalue weighted by atomic mass is 10.1. The van der Waals surface area contributed by atoms with E-state index in [1.165, 1.54) is 64.3 Å². The first-order valence-electron chi connectivity index (χ1n) is 16.3. The SMILES string of the molecule is COc1ccc(S(=O)(=O)Cc2ncc(-c3ccc(C)cc3)cn2)cc1OC.COc1ccc(S(=O)(=O)Cl)cc1OC.Cc1ccc(-c2cnc(N)nc2)cc1. The number of halogens is 1. The number of methoxy groups -OCH3 is 4. The molecule has 6 aromatic rings. The van der Waals surface area contributed by atoms with Crippen LogP contribution in [0.5, 0.6) is 23.0 Å². The Morgan fingerprint density at radius 3 is 1.31 bits per heavy atom. The minimum Gasteiger partial charge on any atom is -0.493 e. The van der Waals surface area contributed by atoms with Crippen molar-refractivity contribution in [2.24, 2.45) is 0 Å². The fraction of sp³-hybridized carbons (Fsp3) is 0.179. The first-order valence-corrected chi connectivity index (χ1v) is 20.3. The average molecular weight is 806 g/mol. The van der Waals surface area contributed by atoms with E-state index in [0.29, 0.717) is 28.9 Å². The summed E-state index contributed by atoms with van der Waals surface area (Å²) in [6, 6.07) is 24.8. The van der Waals surface area contributed by atoms with E-state index in [2.05, 4.69) is 39.0 Å². The number of nitrogens with zero attached hydrogens (tertiary/aromatic N) is 4. The zero-order valence-electron chi connectivity index (χ0n) is 30.9. The molecule has 13 nitrogen and oxygen atoms in total. The number of nitrogens with two attached hydrogens (primary N) is 1. The summed E-state index contributed by atoms with van der Waals surface area (Å²) in [7, 11) is 3.66. The summed E-state index contributed by atoms with van der Waals surface area (Å²) in [6.45, 7) is 4.08. The van der Waals surface area contributed by atoms with Gasteiger partial charge in [-0.25, -0.2) is 36.8 Å². The van der Waals surface area contributed by atoms with Crippen LogP contribution in [0.2, 0.25) is 0 Å². The number of benzene rings is 4. The Labute approximate surface area is 325 Å². The van der Waals surface area contributed by atoms with Gasteiger partial charge in [-0.2, -0.15) is 0 Å². The maximum Gasteiger partial charge on any atom is 0.261 e. The van der Waals surface area contributed by atoms with Crippen LogP contribution in [0, 0.1) is 13.8 Å². The van der Waals surface area contributed by atoms with E-state index in [9.17, 15) is 16.8 Å². The van der Waals surface area contributed by atoms with E-state index in [-0.39, 0.29) is 21.4 Å². The van der Waals surface area contributed by atoms with Gasteiger partial charge in [-0.1, -0.05) is 59.7 Å². The molecule has 0 aliphatic carbocycles. The van der Waals surface area contributed by atoms with Gasteiger partial charge < -0.3 is 24.7 Å². The maximum absolute atomic E-state index is 12.7. The van der Waals surface area contributed by atoms with E-state index in [1.807, 2.05) is 43.3 Å². The topological polar surface area (TPSA) is 183 Å². The van der Waals surface area contributed by atoms with Crippen LogP contribution in [0.1, 0.15) is 17.0 Å². The second kappa shape index (κ2) is 19.0. The van der Waals surface area contributed by atoms with Gasteiger partial charge >= 0.3 is 0 Å². The Kier molecular flexibility index (Phi) is 14.5. The smallest absolute Gasteiger partial charge is 0.261 e. The van der Waals surface area contributed by atoms with E-state index in [0.717, 1.165) is 27.8 Å². The fourth-order valence-electron chi connectivity index (χ4n) is 4.79. The molecule has 0 amide bonds. The van der Waals surface area contributed by atoms with Gasteiger partial charge in [0.05, 0.1) is 38.2 Å². The molecule has 4 aromatic carbocycles. The standard InChI is InChI=1S/C20H20N2O4S.C11H11N3.C8H9ClO4S/c1-14-4-6-15(7-5-14)16-11-21-20(22-12-16)13-27(23,24)17-8-9-18(25-2)19(10-17)26-3;1-8-2-4-9(5-3-8)10-6-13-11(12)14-7-10;1-12-7-4-3-6(14(9,10)11)5-8(7)13-2/h4-12H,13H2,1-3H3;2-7H,1H3,(H2,12,13,14);3-5H,1-2H3. The summed E-state index contributed by atoms with van der Waals surface area (Å²) in [5.41, 5.74) is 11.7. The molecular weight excluding hydrogens is 766 g/mol. The number of sulfone groups is 1. The molecular formula is C39H40ClN5O8S2. The molecule has 16 heteroatoms. The fourth-order valence-corrected chi connectivity index (χ4v) is 6.77. The lowest BCUT2D eigenvalue weighted by Crippen LogP contribution is -2.08. The summed E-state index contributed by atoms with van der Waals surface area (Å²) in [5.74, 6) is 1.85. The molecule has 2 aromatic heterocycles. The van der Waals surface area contributed by atoms with Crippen molar-refractivity contribution in [1.29, 1.82) is 0 Å². The zero-order valence-corrected chi connectivity index (χ0v) is 33.3.